The van der Waals surface area contributed by atoms with Crippen molar-refractivity contribution in [2.24, 2.45) is 0 Å². The molecule has 1 heterocycles. The lowest BCUT2D eigenvalue weighted by molar-refractivity contribution is 0.343. The molecular formula is C10H8Cl2OS2. The molecule has 0 unspecified atom stereocenters. The Bertz CT molecular complexity index is 481. The molecule has 0 aliphatic heterocycles. The minimum absolute atomic E-state index is 0.454. The highest BCUT2D eigenvalue weighted by Gasteiger charge is 2.08. The fraction of sp³-hybridized carbons (Fsp3) is 0.200. The number of hydrogen-bond donors (Lipinski definition) is 1. The average Bonchev–Trinajstić information content (AvgIpc) is 2.59. The van der Waals surface area contributed by atoms with Gasteiger partial charge in [0.05, 0.1) is 15.1 Å². The molecule has 0 bridgehead atoms. The normalized spacial score (nSPS) is 10.9. The number of thiophene rings is 1. The van der Waals surface area contributed by atoms with Crippen LogP contribution in [0, 0.1) is 0 Å². The molecule has 0 aliphatic carbocycles. The van der Waals surface area contributed by atoms with Crippen LogP contribution in [-0.4, -0.2) is 12.5 Å². The molecule has 0 fully saturated rings. The first kappa shape index (κ1) is 11.4. The average molecular weight is 279 g/mol. The lowest BCUT2D eigenvalue weighted by Crippen LogP contribution is -1.98. The number of rotatable bonds is 3. The van der Waals surface area contributed by atoms with E-state index in [2.05, 4.69) is 12.6 Å². The summed E-state index contributed by atoms with van der Waals surface area (Å²) in [6, 6.07) is 5.79. The summed E-state index contributed by atoms with van der Waals surface area (Å²) in [4.78, 5) is 0. The van der Waals surface area contributed by atoms with Crippen LogP contribution < -0.4 is 4.74 Å². The molecule has 0 N–H and O–H groups in total. The molecule has 0 spiro atoms. The van der Waals surface area contributed by atoms with E-state index in [4.69, 9.17) is 27.9 Å². The number of alkyl halides is 1. The molecular weight excluding hydrogens is 271 g/mol. The molecule has 2 aromatic rings. The van der Waals surface area contributed by atoms with Gasteiger partial charge in [-0.25, -0.2) is 0 Å². The first-order valence-corrected chi connectivity index (χ1v) is 6.50. The van der Waals surface area contributed by atoms with Gasteiger partial charge in [0.1, 0.15) is 12.4 Å². The number of ether oxygens (including phenoxy) is 1. The summed E-state index contributed by atoms with van der Waals surface area (Å²) in [5.41, 5.74) is 0. The summed E-state index contributed by atoms with van der Waals surface area (Å²) in [6.07, 6.45) is 0. The molecule has 2 rings (SSSR count). The minimum Gasteiger partial charge on any atom is -0.491 e. The third-order valence-electron chi connectivity index (χ3n) is 1.92. The third kappa shape index (κ3) is 2.36. The molecule has 1 aromatic heterocycles. The summed E-state index contributed by atoms with van der Waals surface area (Å²) >= 11 is 17.6. The number of benzene rings is 1. The molecule has 0 atom stereocenters. The van der Waals surface area contributed by atoms with Crippen LogP contribution in [0.25, 0.3) is 10.1 Å². The Morgan fingerprint density at radius 2 is 2.20 bits per heavy atom. The zero-order chi connectivity index (χ0) is 10.8. The van der Waals surface area contributed by atoms with Crippen LogP contribution >= 0.6 is 47.2 Å². The molecule has 5 heteroatoms. The van der Waals surface area contributed by atoms with Crippen LogP contribution in [0.2, 0.25) is 5.02 Å². The van der Waals surface area contributed by atoms with Gasteiger partial charge in [-0.3, -0.25) is 0 Å². The van der Waals surface area contributed by atoms with Crippen molar-refractivity contribution in [3.63, 3.8) is 0 Å². The molecule has 0 radical (unpaired) electrons. The third-order valence-corrected chi connectivity index (χ3v) is 3.77. The smallest absolute Gasteiger partial charge is 0.138 e. The first-order valence-electron chi connectivity index (χ1n) is 4.32. The van der Waals surface area contributed by atoms with E-state index < -0.39 is 0 Å². The van der Waals surface area contributed by atoms with Crippen molar-refractivity contribution in [2.75, 3.05) is 12.5 Å². The second-order valence-corrected chi connectivity index (χ2v) is 5.54. The highest BCUT2D eigenvalue weighted by molar-refractivity contribution is 7.83. The van der Waals surface area contributed by atoms with E-state index in [0.717, 1.165) is 14.3 Å². The summed E-state index contributed by atoms with van der Waals surface area (Å²) in [5.74, 6) is 1.13. The van der Waals surface area contributed by atoms with Gasteiger partial charge in [-0.2, -0.15) is 0 Å². The lowest BCUT2D eigenvalue weighted by atomic mass is 10.2. The highest BCUT2D eigenvalue weighted by atomic mass is 35.5. The lowest BCUT2D eigenvalue weighted by Gasteiger charge is -2.06. The van der Waals surface area contributed by atoms with Crippen molar-refractivity contribution in [2.45, 2.75) is 4.21 Å². The Morgan fingerprint density at radius 1 is 1.40 bits per heavy atom. The van der Waals surface area contributed by atoms with Gasteiger partial charge in [0.2, 0.25) is 0 Å². The van der Waals surface area contributed by atoms with Gasteiger partial charge in [0.25, 0.3) is 0 Å². The van der Waals surface area contributed by atoms with Gasteiger partial charge in [0, 0.05) is 10.1 Å². The van der Waals surface area contributed by atoms with E-state index in [0.29, 0.717) is 23.3 Å². The second kappa shape index (κ2) is 4.83. The van der Waals surface area contributed by atoms with E-state index in [1.807, 2.05) is 18.2 Å². The van der Waals surface area contributed by atoms with Crippen LogP contribution in [0.4, 0.5) is 0 Å². The Kier molecular flexibility index (Phi) is 3.67. The number of hydrogen-bond acceptors (Lipinski definition) is 3. The summed E-state index contributed by atoms with van der Waals surface area (Å²) in [6.45, 7) is 0.463. The number of fused-ring (bicyclic) bond motifs is 1. The van der Waals surface area contributed by atoms with Crippen molar-refractivity contribution in [1.82, 2.24) is 0 Å². The zero-order valence-corrected chi connectivity index (χ0v) is 10.9. The van der Waals surface area contributed by atoms with E-state index in [1.165, 1.54) is 0 Å². The largest absolute Gasteiger partial charge is 0.491 e. The summed E-state index contributed by atoms with van der Waals surface area (Å²) in [7, 11) is 0. The number of halogens is 2. The predicted octanol–water partition coefficient (Wildman–Crippen LogP) is 4.46. The Balaban J connectivity index is 2.45. The fourth-order valence-electron chi connectivity index (χ4n) is 1.30. The highest BCUT2D eigenvalue weighted by Crippen LogP contribution is 2.38. The van der Waals surface area contributed by atoms with Crippen molar-refractivity contribution in [3.8, 4) is 5.75 Å². The topological polar surface area (TPSA) is 9.23 Å². The van der Waals surface area contributed by atoms with Gasteiger partial charge >= 0.3 is 0 Å². The molecule has 0 saturated heterocycles. The van der Waals surface area contributed by atoms with E-state index >= 15 is 0 Å². The molecule has 0 amide bonds. The molecule has 0 saturated carbocycles. The molecule has 80 valence electrons. The standard InChI is InChI=1S/C10H8Cl2OS2/c11-3-4-13-7-1-2-8-6(10(7)12)5-9(14)15-8/h1-2,5,14H,3-4H2. The van der Waals surface area contributed by atoms with Crippen molar-refractivity contribution < 1.29 is 4.74 Å². The maximum atomic E-state index is 6.20. The molecule has 0 aliphatic rings. The minimum atomic E-state index is 0.454. The van der Waals surface area contributed by atoms with Crippen LogP contribution in [0.5, 0.6) is 5.75 Å². The van der Waals surface area contributed by atoms with Crippen molar-refractivity contribution >= 4 is 57.3 Å². The SMILES string of the molecule is Sc1cc2c(Cl)c(OCCCl)ccc2s1. The summed E-state index contributed by atoms with van der Waals surface area (Å²) in [5, 5.41) is 1.62. The van der Waals surface area contributed by atoms with Crippen LogP contribution in [0.1, 0.15) is 0 Å². The maximum Gasteiger partial charge on any atom is 0.138 e. The summed E-state index contributed by atoms with van der Waals surface area (Å²) < 4.78 is 7.48. The first-order chi connectivity index (χ1) is 7.22. The van der Waals surface area contributed by atoms with Crippen LogP contribution in [0.3, 0.4) is 0 Å². The van der Waals surface area contributed by atoms with Gasteiger partial charge in [0.15, 0.2) is 0 Å². The van der Waals surface area contributed by atoms with Gasteiger partial charge in [-0.05, 0) is 18.2 Å². The Hall–Kier alpha value is -0.0900. The van der Waals surface area contributed by atoms with Crippen LogP contribution in [-0.2, 0) is 0 Å². The quantitative estimate of drug-likeness (QED) is 0.644. The predicted molar refractivity (Wildman–Crippen MR) is 70.3 cm³/mol. The van der Waals surface area contributed by atoms with E-state index in [9.17, 15) is 0 Å². The van der Waals surface area contributed by atoms with E-state index in [1.54, 1.807) is 11.3 Å². The monoisotopic (exact) mass is 278 g/mol. The number of thiol groups is 1. The Morgan fingerprint density at radius 3 is 2.93 bits per heavy atom. The van der Waals surface area contributed by atoms with Gasteiger partial charge in [-0.15, -0.1) is 35.6 Å². The van der Waals surface area contributed by atoms with Gasteiger partial charge < -0.3 is 4.74 Å². The van der Waals surface area contributed by atoms with Gasteiger partial charge in [-0.1, -0.05) is 11.6 Å². The van der Waals surface area contributed by atoms with E-state index in [-0.39, 0.29) is 0 Å². The molecule has 1 aromatic carbocycles. The maximum absolute atomic E-state index is 6.20. The zero-order valence-electron chi connectivity index (χ0n) is 7.67. The van der Waals surface area contributed by atoms with Crippen molar-refractivity contribution in [3.05, 3.63) is 23.2 Å². The molecule has 15 heavy (non-hydrogen) atoms. The molecule has 1 nitrogen and oxygen atoms in total. The fourth-order valence-corrected chi connectivity index (χ4v) is 2.94. The van der Waals surface area contributed by atoms with Crippen molar-refractivity contribution in [1.29, 1.82) is 0 Å². The van der Waals surface area contributed by atoms with Crippen LogP contribution in [0.15, 0.2) is 22.4 Å². The second-order valence-electron chi connectivity index (χ2n) is 2.91. The Labute approximate surface area is 107 Å².